The van der Waals surface area contributed by atoms with Crippen LogP contribution >= 0.6 is 0 Å². The van der Waals surface area contributed by atoms with Crippen molar-refractivity contribution in [2.24, 2.45) is 0 Å². The topological polar surface area (TPSA) is 52.8 Å². The van der Waals surface area contributed by atoms with E-state index >= 15 is 0 Å². The summed E-state index contributed by atoms with van der Waals surface area (Å²) in [5, 5.41) is 4.52. The van der Waals surface area contributed by atoms with Crippen molar-refractivity contribution in [3.63, 3.8) is 0 Å². The Hall–Kier alpha value is -4.25. The molecule has 0 spiro atoms. The highest BCUT2D eigenvalue weighted by Gasteiger charge is 2.17. The summed E-state index contributed by atoms with van der Waals surface area (Å²) in [6, 6.07) is 31.9. The van der Waals surface area contributed by atoms with Crippen LogP contribution in [0.5, 0.6) is 5.88 Å². The highest BCUT2D eigenvalue weighted by molar-refractivity contribution is 5.68. The Morgan fingerprint density at radius 3 is 2.16 bits per heavy atom. The Kier molecular flexibility index (Phi) is 5.22. The molecule has 0 aliphatic carbocycles. The molecule has 0 unspecified atom stereocenters. The van der Waals surface area contributed by atoms with Crippen LogP contribution in [0.2, 0.25) is 0 Å². The lowest BCUT2D eigenvalue weighted by Gasteiger charge is -2.13. The van der Waals surface area contributed by atoms with Crippen molar-refractivity contribution in [1.29, 1.82) is 0 Å². The second kappa shape index (κ2) is 8.63. The number of rotatable bonds is 6. The van der Waals surface area contributed by atoms with E-state index in [2.05, 4.69) is 10.1 Å². The van der Waals surface area contributed by atoms with Crippen molar-refractivity contribution >= 4 is 0 Å². The van der Waals surface area contributed by atoms with Gasteiger partial charge < -0.3 is 4.74 Å². The van der Waals surface area contributed by atoms with Crippen molar-refractivity contribution in [2.45, 2.75) is 6.61 Å². The first-order valence-electron chi connectivity index (χ1n) is 10.1. The molecule has 5 rings (SSSR count). The van der Waals surface area contributed by atoms with Crippen molar-refractivity contribution in [3.05, 3.63) is 115 Å². The largest absolute Gasteiger partial charge is 0.471 e. The van der Waals surface area contributed by atoms with Gasteiger partial charge in [0.05, 0.1) is 29.5 Å². The van der Waals surface area contributed by atoms with Crippen LogP contribution in [0, 0.1) is 0 Å². The fourth-order valence-corrected chi connectivity index (χ4v) is 3.38. The van der Waals surface area contributed by atoms with Gasteiger partial charge in [0.2, 0.25) is 5.88 Å². The molecule has 3 aromatic carbocycles. The molecule has 5 nitrogen and oxygen atoms in total. The van der Waals surface area contributed by atoms with Gasteiger partial charge in [-0.15, -0.1) is 0 Å². The first-order valence-corrected chi connectivity index (χ1v) is 10.1. The van der Waals surface area contributed by atoms with Crippen molar-refractivity contribution in [3.8, 4) is 34.2 Å². The van der Waals surface area contributed by atoms with E-state index in [1.165, 1.54) is 0 Å². The average molecular weight is 404 g/mol. The summed E-state index contributed by atoms with van der Waals surface area (Å²) in [6.45, 7) is 0.409. The minimum Gasteiger partial charge on any atom is -0.471 e. The molecule has 0 atom stereocenters. The van der Waals surface area contributed by atoms with E-state index < -0.39 is 0 Å². The summed E-state index contributed by atoms with van der Waals surface area (Å²) in [5.41, 5.74) is 5.26. The number of nitrogens with zero attached hydrogens (tertiary/aromatic N) is 4. The lowest BCUT2D eigenvalue weighted by Crippen LogP contribution is -2.05. The van der Waals surface area contributed by atoms with E-state index in [0.29, 0.717) is 18.2 Å². The molecule has 0 bridgehead atoms. The number of para-hydroxylation sites is 1. The smallest absolute Gasteiger partial charge is 0.242 e. The molecular weight excluding hydrogens is 384 g/mol. The first kappa shape index (κ1) is 18.8. The zero-order valence-electron chi connectivity index (χ0n) is 16.8. The number of hydrogen-bond acceptors (Lipinski definition) is 4. The fraction of sp³-hybridized carbons (Fsp3) is 0.0385. The predicted molar refractivity (Wildman–Crippen MR) is 121 cm³/mol. The van der Waals surface area contributed by atoms with E-state index in [1.54, 1.807) is 12.4 Å². The molecule has 0 amide bonds. The second-order valence-corrected chi connectivity index (χ2v) is 7.01. The highest BCUT2D eigenvalue weighted by Crippen LogP contribution is 2.31. The first-order chi connectivity index (χ1) is 15.4. The quantitative estimate of drug-likeness (QED) is 0.371. The lowest BCUT2D eigenvalue weighted by atomic mass is 10.1. The van der Waals surface area contributed by atoms with Crippen LogP contribution in [0.3, 0.4) is 0 Å². The van der Waals surface area contributed by atoms with E-state index in [4.69, 9.17) is 9.72 Å². The molecule has 0 aliphatic rings. The predicted octanol–water partition coefficient (Wildman–Crippen LogP) is 5.58. The molecule has 0 saturated carbocycles. The molecule has 0 saturated heterocycles. The summed E-state index contributed by atoms with van der Waals surface area (Å²) in [5.74, 6) is 0.473. The molecule has 2 aromatic heterocycles. The maximum Gasteiger partial charge on any atom is 0.242 e. The Bertz CT molecular complexity index is 1270. The van der Waals surface area contributed by atoms with Crippen molar-refractivity contribution < 1.29 is 4.74 Å². The van der Waals surface area contributed by atoms with Crippen LogP contribution in [-0.4, -0.2) is 19.7 Å². The van der Waals surface area contributed by atoms with Gasteiger partial charge in [0.25, 0.3) is 0 Å². The summed E-state index contributed by atoms with van der Waals surface area (Å²) in [4.78, 5) is 9.57. The van der Waals surface area contributed by atoms with Crippen molar-refractivity contribution in [1.82, 2.24) is 19.7 Å². The minimum atomic E-state index is 0.409. The van der Waals surface area contributed by atoms with Crippen molar-refractivity contribution in [2.75, 3.05) is 0 Å². The molecule has 5 heteroatoms. The molecule has 5 aromatic rings. The van der Waals surface area contributed by atoms with Gasteiger partial charge in [-0.1, -0.05) is 78.9 Å². The molecule has 0 fully saturated rings. The van der Waals surface area contributed by atoms with Crippen LogP contribution in [0.15, 0.2) is 109 Å². The molecular formula is C26H20N4O. The van der Waals surface area contributed by atoms with E-state index in [0.717, 1.165) is 28.2 Å². The molecule has 0 aliphatic heterocycles. The number of ether oxygens (including phenoxy) is 1. The maximum atomic E-state index is 6.11. The van der Waals surface area contributed by atoms with Gasteiger partial charge in [0.1, 0.15) is 6.61 Å². The fourth-order valence-electron chi connectivity index (χ4n) is 3.38. The lowest BCUT2D eigenvalue weighted by molar-refractivity contribution is 0.294. The molecule has 2 heterocycles. The van der Waals surface area contributed by atoms with Crippen LogP contribution in [0.1, 0.15) is 5.56 Å². The third-order valence-corrected chi connectivity index (χ3v) is 4.91. The van der Waals surface area contributed by atoms with Crippen LogP contribution in [0.25, 0.3) is 28.3 Å². The van der Waals surface area contributed by atoms with Gasteiger partial charge in [-0.2, -0.15) is 5.10 Å². The molecule has 150 valence electrons. The Labute approximate surface area is 180 Å². The summed E-state index contributed by atoms with van der Waals surface area (Å²) in [7, 11) is 0. The molecule has 31 heavy (non-hydrogen) atoms. The Morgan fingerprint density at radius 2 is 1.42 bits per heavy atom. The maximum absolute atomic E-state index is 6.11. The van der Waals surface area contributed by atoms with E-state index in [-0.39, 0.29) is 0 Å². The highest BCUT2D eigenvalue weighted by atomic mass is 16.5. The van der Waals surface area contributed by atoms with Crippen LogP contribution in [-0.2, 0) is 6.61 Å². The molecule has 0 radical (unpaired) electrons. The third-order valence-electron chi connectivity index (χ3n) is 4.91. The average Bonchev–Trinajstić information content (AvgIpc) is 3.34. The molecule has 0 N–H and O–H groups in total. The zero-order valence-corrected chi connectivity index (χ0v) is 16.8. The zero-order chi connectivity index (χ0) is 20.9. The van der Waals surface area contributed by atoms with Gasteiger partial charge in [-0.05, 0) is 23.8 Å². The van der Waals surface area contributed by atoms with E-state index in [1.807, 2.05) is 102 Å². The van der Waals surface area contributed by atoms with E-state index in [9.17, 15) is 0 Å². The standard InChI is InChI=1S/C26H20N4O/c1-4-10-20(11-5-1)19-31-26-25(29-23(18-27-26)21-12-6-2-7-13-21)24-16-17-28-30(24)22-14-8-3-9-15-22/h1-18H,19H2. The second-order valence-electron chi connectivity index (χ2n) is 7.01. The number of aromatic nitrogens is 4. The van der Waals surface area contributed by atoms with Crippen LogP contribution < -0.4 is 4.74 Å². The monoisotopic (exact) mass is 404 g/mol. The SMILES string of the molecule is c1ccc(COc2ncc(-c3ccccc3)nc2-c2ccnn2-c2ccccc2)cc1. The Morgan fingerprint density at radius 1 is 0.742 bits per heavy atom. The summed E-state index contributed by atoms with van der Waals surface area (Å²) >= 11 is 0. The normalized spacial score (nSPS) is 10.7. The Balaban J connectivity index is 1.59. The minimum absolute atomic E-state index is 0.409. The summed E-state index contributed by atoms with van der Waals surface area (Å²) < 4.78 is 7.97. The van der Waals surface area contributed by atoms with Gasteiger partial charge in [-0.3, -0.25) is 0 Å². The van der Waals surface area contributed by atoms with Gasteiger partial charge >= 0.3 is 0 Å². The van der Waals surface area contributed by atoms with Gasteiger partial charge in [-0.25, -0.2) is 14.6 Å². The number of benzene rings is 3. The number of hydrogen-bond donors (Lipinski definition) is 0. The van der Waals surface area contributed by atoms with Gasteiger partial charge in [0.15, 0.2) is 5.69 Å². The van der Waals surface area contributed by atoms with Gasteiger partial charge in [0, 0.05) is 5.56 Å². The third kappa shape index (κ3) is 4.07. The summed E-state index contributed by atoms with van der Waals surface area (Å²) in [6.07, 6.45) is 3.52. The van der Waals surface area contributed by atoms with Crippen LogP contribution in [0.4, 0.5) is 0 Å².